The summed E-state index contributed by atoms with van der Waals surface area (Å²) in [7, 11) is 1.76. The summed E-state index contributed by atoms with van der Waals surface area (Å²) in [6.07, 6.45) is -0.997. The Morgan fingerprint density at radius 2 is 2.17 bits per heavy atom. The lowest BCUT2D eigenvalue weighted by atomic mass is 10.3. The van der Waals surface area contributed by atoms with Crippen molar-refractivity contribution in [2.45, 2.75) is 12.7 Å². The van der Waals surface area contributed by atoms with Crippen LogP contribution in [-0.2, 0) is 12.7 Å². The number of nitrogens with zero attached hydrogens (tertiary/aromatic N) is 3. The maximum atomic E-state index is 12.4. The fraction of sp³-hybridized carbons (Fsp3) is 0.273. The first-order valence-corrected chi connectivity index (χ1v) is 5.21. The molecule has 1 N–H and O–H groups in total. The standard InChI is InChI=1S/C11H11F3N4/c1-15-9-2-3-16-10(4-9)7-18-6-8(5-17-18)11(12,13)14/h2-6H,7H2,1H3,(H,15,16). The van der Waals surface area contributed by atoms with Gasteiger partial charge in [0.1, 0.15) is 0 Å². The number of nitrogens with one attached hydrogen (secondary N) is 1. The van der Waals surface area contributed by atoms with E-state index in [9.17, 15) is 13.2 Å². The molecule has 0 amide bonds. The second kappa shape index (κ2) is 4.67. The van der Waals surface area contributed by atoms with E-state index in [2.05, 4.69) is 15.4 Å². The zero-order chi connectivity index (χ0) is 13.2. The van der Waals surface area contributed by atoms with Gasteiger partial charge in [0.15, 0.2) is 0 Å². The molecule has 4 nitrogen and oxygen atoms in total. The van der Waals surface area contributed by atoms with Crippen molar-refractivity contribution in [2.75, 3.05) is 12.4 Å². The Balaban J connectivity index is 2.16. The minimum atomic E-state index is -4.36. The predicted molar refractivity (Wildman–Crippen MR) is 60.1 cm³/mol. The molecule has 7 heteroatoms. The smallest absolute Gasteiger partial charge is 0.388 e. The maximum absolute atomic E-state index is 12.4. The fourth-order valence-corrected chi connectivity index (χ4v) is 1.48. The van der Waals surface area contributed by atoms with Crippen molar-refractivity contribution < 1.29 is 13.2 Å². The van der Waals surface area contributed by atoms with E-state index in [4.69, 9.17) is 0 Å². The van der Waals surface area contributed by atoms with E-state index >= 15 is 0 Å². The molecule has 2 rings (SSSR count). The van der Waals surface area contributed by atoms with Crippen LogP contribution in [0.1, 0.15) is 11.3 Å². The van der Waals surface area contributed by atoms with E-state index in [0.29, 0.717) is 5.69 Å². The van der Waals surface area contributed by atoms with Crippen LogP contribution in [0.2, 0.25) is 0 Å². The quantitative estimate of drug-likeness (QED) is 0.916. The Kier molecular flexibility index (Phi) is 3.22. The SMILES string of the molecule is CNc1ccnc(Cn2cc(C(F)(F)F)cn2)c1. The average molecular weight is 256 g/mol. The first kappa shape index (κ1) is 12.4. The third-order valence-corrected chi connectivity index (χ3v) is 2.39. The van der Waals surface area contributed by atoms with E-state index in [0.717, 1.165) is 18.1 Å². The van der Waals surface area contributed by atoms with Crippen LogP contribution in [0.25, 0.3) is 0 Å². The molecule has 0 saturated heterocycles. The Morgan fingerprint density at radius 3 is 2.78 bits per heavy atom. The molecule has 0 radical (unpaired) electrons. The van der Waals surface area contributed by atoms with Crippen molar-refractivity contribution in [3.05, 3.63) is 42.0 Å². The number of anilines is 1. The summed E-state index contributed by atoms with van der Waals surface area (Å²) < 4.78 is 38.4. The van der Waals surface area contributed by atoms with E-state index in [1.165, 1.54) is 4.68 Å². The average Bonchev–Trinajstić information content (AvgIpc) is 2.77. The number of aromatic nitrogens is 3. The van der Waals surface area contributed by atoms with Gasteiger partial charge in [-0.1, -0.05) is 0 Å². The van der Waals surface area contributed by atoms with Gasteiger partial charge >= 0.3 is 6.18 Å². The number of hydrogen-bond donors (Lipinski definition) is 1. The maximum Gasteiger partial charge on any atom is 0.419 e. The highest BCUT2D eigenvalue weighted by atomic mass is 19.4. The molecule has 2 aromatic heterocycles. The largest absolute Gasteiger partial charge is 0.419 e. The first-order valence-electron chi connectivity index (χ1n) is 5.21. The van der Waals surface area contributed by atoms with Crippen LogP contribution in [0, 0.1) is 0 Å². The molecule has 0 aliphatic rings. The van der Waals surface area contributed by atoms with Crippen molar-refractivity contribution in [3.63, 3.8) is 0 Å². The molecular weight excluding hydrogens is 245 g/mol. The molecule has 0 bridgehead atoms. The van der Waals surface area contributed by atoms with Gasteiger partial charge in [0.2, 0.25) is 0 Å². The molecule has 2 aromatic rings. The molecule has 0 unspecified atom stereocenters. The third-order valence-electron chi connectivity index (χ3n) is 2.39. The molecule has 0 aliphatic carbocycles. The van der Waals surface area contributed by atoms with Crippen LogP contribution in [0.5, 0.6) is 0 Å². The van der Waals surface area contributed by atoms with E-state index < -0.39 is 11.7 Å². The second-order valence-corrected chi connectivity index (χ2v) is 3.71. The van der Waals surface area contributed by atoms with Crippen LogP contribution in [0.4, 0.5) is 18.9 Å². The Morgan fingerprint density at radius 1 is 1.39 bits per heavy atom. The van der Waals surface area contributed by atoms with E-state index in [1.54, 1.807) is 25.4 Å². The summed E-state index contributed by atoms with van der Waals surface area (Å²) in [6.45, 7) is 0.200. The summed E-state index contributed by atoms with van der Waals surface area (Å²) in [5.74, 6) is 0. The van der Waals surface area contributed by atoms with Crippen molar-refractivity contribution in [3.8, 4) is 0 Å². The molecular formula is C11H11F3N4. The summed E-state index contributed by atoms with van der Waals surface area (Å²) >= 11 is 0. The normalized spacial score (nSPS) is 11.6. The number of hydrogen-bond acceptors (Lipinski definition) is 3. The topological polar surface area (TPSA) is 42.7 Å². The monoisotopic (exact) mass is 256 g/mol. The summed E-state index contributed by atoms with van der Waals surface area (Å²) in [6, 6.07) is 3.53. The molecule has 18 heavy (non-hydrogen) atoms. The van der Waals surface area contributed by atoms with Crippen LogP contribution >= 0.6 is 0 Å². The Labute approximate surface area is 101 Å². The molecule has 0 aromatic carbocycles. The highest BCUT2D eigenvalue weighted by molar-refractivity contribution is 5.42. The zero-order valence-electron chi connectivity index (χ0n) is 9.57. The summed E-state index contributed by atoms with van der Waals surface area (Å²) in [4.78, 5) is 4.07. The number of halogens is 3. The number of rotatable bonds is 3. The Bertz CT molecular complexity index is 533. The minimum absolute atomic E-state index is 0.200. The highest BCUT2D eigenvalue weighted by Crippen LogP contribution is 2.28. The number of pyridine rings is 1. The molecule has 96 valence electrons. The van der Waals surface area contributed by atoms with Gasteiger partial charge < -0.3 is 5.32 Å². The minimum Gasteiger partial charge on any atom is -0.388 e. The lowest BCUT2D eigenvalue weighted by molar-refractivity contribution is -0.137. The van der Waals surface area contributed by atoms with Crippen molar-refractivity contribution in [1.29, 1.82) is 0 Å². The molecule has 0 spiro atoms. The van der Waals surface area contributed by atoms with Crippen LogP contribution < -0.4 is 5.32 Å². The van der Waals surface area contributed by atoms with Gasteiger partial charge in [-0.3, -0.25) is 9.67 Å². The molecule has 0 saturated carbocycles. The summed E-state index contributed by atoms with van der Waals surface area (Å²) in [5, 5.41) is 6.60. The Hall–Kier alpha value is -2.05. The van der Waals surface area contributed by atoms with E-state index in [-0.39, 0.29) is 6.54 Å². The van der Waals surface area contributed by atoms with Gasteiger partial charge in [-0.15, -0.1) is 0 Å². The van der Waals surface area contributed by atoms with Crippen LogP contribution in [-0.4, -0.2) is 21.8 Å². The number of alkyl halides is 3. The molecule has 0 atom stereocenters. The van der Waals surface area contributed by atoms with Crippen molar-refractivity contribution in [2.24, 2.45) is 0 Å². The summed E-state index contributed by atoms with van der Waals surface area (Å²) in [5.41, 5.74) is 0.731. The highest BCUT2D eigenvalue weighted by Gasteiger charge is 2.32. The lowest BCUT2D eigenvalue weighted by Gasteiger charge is -2.04. The van der Waals surface area contributed by atoms with Crippen LogP contribution in [0.15, 0.2) is 30.7 Å². The van der Waals surface area contributed by atoms with Crippen molar-refractivity contribution >= 4 is 5.69 Å². The van der Waals surface area contributed by atoms with Gasteiger partial charge in [-0.2, -0.15) is 18.3 Å². The van der Waals surface area contributed by atoms with E-state index in [1.807, 2.05) is 0 Å². The zero-order valence-corrected chi connectivity index (χ0v) is 9.57. The van der Waals surface area contributed by atoms with Gasteiger partial charge in [-0.25, -0.2) is 0 Å². The molecule has 2 heterocycles. The van der Waals surface area contributed by atoms with Crippen LogP contribution in [0.3, 0.4) is 0 Å². The van der Waals surface area contributed by atoms with Gasteiger partial charge in [0, 0.05) is 25.1 Å². The second-order valence-electron chi connectivity index (χ2n) is 3.71. The molecule has 0 fully saturated rings. The first-order chi connectivity index (χ1) is 8.49. The van der Waals surface area contributed by atoms with Crippen molar-refractivity contribution in [1.82, 2.24) is 14.8 Å². The van der Waals surface area contributed by atoms with Gasteiger partial charge in [0.05, 0.1) is 24.0 Å². The van der Waals surface area contributed by atoms with Gasteiger partial charge in [0.25, 0.3) is 0 Å². The van der Waals surface area contributed by atoms with Gasteiger partial charge in [-0.05, 0) is 12.1 Å². The third kappa shape index (κ3) is 2.79. The molecule has 0 aliphatic heterocycles. The lowest BCUT2D eigenvalue weighted by Crippen LogP contribution is -2.05. The fourth-order valence-electron chi connectivity index (χ4n) is 1.48. The predicted octanol–water partition coefficient (Wildman–Crippen LogP) is 2.39.